The Morgan fingerprint density at radius 1 is 1.55 bits per heavy atom. The van der Waals surface area contributed by atoms with Crippen LogP contribution in [0.15, 0.2) is 24.4 Å². The van der Waals surface area contributed by atoms with Crippen LogP contribution in [0.25, 0.3) is 0 Å². The normalized spacial score (nSPS) is 9.75. The number of benzene rings is 1. The molecular formula is C14H11FN2O2S. The third kappa shape index (κ3) is 3.41. The molecule has 0 unspecified atom stereocenters. The summed E-state index contributed by atoms with van der Waals surface area (Å²) in [5.74, 6) is 3.78. The molecule has 2 rings (SSSR count). The van der Waals surface area contributed by atoms with Crippen molar-refractivity contribution in [2.75, 3.05) is 11.9 Å². The molecule has 0 saturated heterocycles. The second-order valence-electron chi connectivity index (χ2n) is 3.88. The lowest BCUT2D eigenvalue weighted by Crippen LogP contribution is -2.12. The van der Waals surface area contributed by atoms with Crippen molar-refractivity contribution in [3.05, 3.63) is 46.2 Å². The molecule has 2 aromatic rings. The number of aliphatic hydroxyl groups excluding tert-OH is 1. The van der Waals surface area contributed by atoms with Crippen molar-refractivity contribution in [1.29, 1.82) is 0 Å². The fourth-order valence-corrected chi connectivity index (χ4v) is 2.13. The van der Waals surface area contributed by atoms with Gasteiger partial charge in [0.05, 0.1) is 5.56 Å². The molecule has 102 valence electrons. The molecule has 1 aromatic heterocycles. The van der Waals surface area contributed by atoms with Crippen molar-refractivity contribution in [2.45, 2.75) is 6.92 Å². The fraction of sp³-hybridized carbons (Fsp3) is 0.143. The summed E-state index contributed by atoms with van der Waals surface area (Å²) in [6.45, 7) is 1.53. The molecule has 4 nitrogen and oxygen atoms in total. The van der Waals surface area contributed by atoms with E-state index in [4.69, 9.17) is 5.11 Å². The number of aromatic nitrogens is 1. The van der Waals surface area contributed by atoms with Crippen LogP contribution in [-0.2, 0) is 0 Å². The number of nitrogens with zero attached hydrogens (tertiary/aromatic N) is 1. The van der Waals surface area contributed by atoms with Gasteiger partial charge >= 0.3 is 0 Å². The number of aryl methyl sites for hydroxylation is 1. The number of aliphatic hydroxyl groups is 1. The Bertz CT molecular complexity index is 701. The number of halogens is 1. The predicted octanol–water partition coefficient (Wildman–Crippen LogP) is 2.19. The number of rotatable bonds is 2. The number of carbonyl (C=O) groups is 1. The lowest BCUT2D eigenvalue weighted by Gasteiger charge is -2.02. The van der Waals surface area contributed by atoms with E-state index in [1.165, 1.54) is 23.5 Å². The third-order valence-corrected chi connectivity index (χ3v) is 3.20. The maximum atomic E-state index is 13.7. The zero-order valence-corrected chi connectivity index (χ0v) is 11.4. The lowest BCUT2D eigenvalue weighted by atomic mass is 10.1. The van der Waals surface area contributed by atoms with Crippen LogP contribution < -0.4 is 5.32 Å². The minimum absolute atomic E-state index is 0.140. The van der Waals surface area contributed by atoms with Crippen LogP contribution in [0.4, 0.5) is 9.52 Å². The Kier molecular flexibility index (Phi) is 4.45. The van der Waals surface area contributed by atoms with Gasteiger partial charge in [0.25, 0.3) is 5.91 Å². The van der Waals surface area contributed by atoms with Crippen LogP contribution in [0.5, 0.6) is 0 Å². The second kappa shape index (κ2) is 6.28. The van der Waals surface area contributed by atoms with E-state index in [2.05, 4.69) is 22.1 Å². The van der Waals surface area contributed by atoms with Gasteiger partial charge in [-0.15, -0.1) is 11.3 Å². The Morgan fingerprint density at radius 2 is 2.35 bits per heavy atom. The molecule has 0 aliphatic heterocycles. The van der Waals surface area contributed by atoms with Gasteiger partial charge in [0.2, 0.25) is 0 Å². The quantitative estimate of drug-likeness (QED) is 0.833. The summed E-state index contributed by atoms with van der Waals surface area (Å²) in [4.78, 5) is 16.9. The predicted molar refractivity (Wildman–Crippen MR) is 75.2 cm³/mol. The van der Waals surface area contributed by atoms with Gasteiger partial charge in [0, 0.05) is 16.6 Å². The van der Waals surface area contributed by atoms with Crippen LogP contribution in [-0.4, -0.2) is 22.6 Å². The summed E-state index contributed by atoms with van der Waals surface area (Å²) < 4.78 is 13.7. The molecule has 20 heavy (non-hydrogen) atoms. The summed E-state index contributed by atoms with van der Waals surface area (Å²) in [7, 11) is 0. The number of hydrogen-bond acceptors (Lipinski definition) is 4. The van der Waals surface area contributed by atoms with Crippen LogP contribution in [0.1, 0.15) is 20.8 Å². The average molecular weight is 290 g/mol. The molecule has 1 aromatic carbocycles. The maximum absolute atomic E-state index is 13.7. The van der Waals surface area contributed by atoms with Gasteiger partial charge in [-0.1, -0.05) is 11.8 Å². The number of thiazole rings is 1. The first-order valence-corrected chi connectivity index (χ1v) is 6.55. The Hall–Kier alpha value is -2.23. The monoisotopic (exact) mass is 290 g/mol. The first-order chi connectivity index (χ1) is 9.60. The number of nitrogens with one attached hydrogen (secondary N) is 1. The van der Waals surface area contributed by atoms with E-state index < -0.39 is 11.7 Å². The van der Waals surface area contributed by atoms with Crippen LogP contribution in [0.2, 0.25) is 0 Å². The molecule has 0 spiro atoms. The molecule has 0 fully saturated rings. The first kappa shape index (κ1) is 14.2. The average Bonchev–Trinajstić information content (AvgIpc) is 2.82. The molecule has 0 saturated carbocycles. The van der Waals surface area contributed by atoms with Crippen LogP contribution in [0, 0.1) is 24.6 Å². The summed E-state index contributed by atoms with van der Waals surface area (Å²) >= 11 is 1.34. The zero-order valence-electron chi connectivity index (χ0n) is 10.6. The molecule has 0 radical (unpaired) electrons. The number of carbonyl (C=O) groups excluding carboxylic acids is 1. The van der Waals surface area contributed by atoms with Crippen molar-refractivity contribution in [1.82, 2.24) is 4.98 Å². The minimum atomic E-state index is -0.603. The molecule has 0 aliphatic carbocycles. The van der Waals surface area contributed by atoms with Crippen molar-refractivity contribution >= 4 is 22.4 Å². The smallest absolute Gasteiger partial charge is 0.257 e. The summed E-state index contributed by atoms with van der Waals surface area (Å²) in [6, 6.07) is 3.98. The van der Waals surface area contributed by atoms with E-state index >= 15 is 0 Å². The molecular weight excluding hydrogens is 279 g/mol. The van der Waals surface area contributed by atoms with Gasteiger partial charge in [-0.25, -0.2) is 9.37 Å². The van der Waals surface area contributed by atoms with Gasteiger partial charge in [-0.05, 0) is 25.1 Å². The SMILES string of the molecule is Cc1cnc(NC(=O)c2ccc(C#CCO)c(F)c2)s1. The maximum Gasteiger partial charge on any atom is 0.257 e. The first-order valence-electron chi connectivity index (χ1n) is 5.73. The highest BCUT2D eigenvalue weighted by Gasteiger charge is 2.10. The van der Waals surface area contributed by atoms with Crippen LogP contribution in [0.3, 0.4) is 0 Å². The van der Waals surface area contributed by atoms with Crippen molar-refractivity contribution in [3.8, 4) is 11.8 Å². The van der Waals surface area contributed by atoms with E-state index in [0.717, 1.165) is 10.9 Å². The summed E-state index contributed by atoms with van der Waals surface area (Å²) in [5, 5.41) is 11.6. The molecule has 0 aliphatic rings. The number of anilines is 1. The molecule has 1 amide bonds. The van der Waals surface area contributed by atoms with Gasteiger partial charge < -0.3 is 5.11 Å². The standard InChI is InChI=1S/C14H11FN2O2S/c1-9-8-16-14(20-9)17-13(19)11-5-4-10(3-2-6-18)12(15)7-11/h4-5,7-8,18H,6H2,1H3,(H,16,17,19). The van der Waals surface area contributed by atoms with E-state index in [-0.39, 0.29) is 17.7 Å². The molecule has 2 N–H and O–H groups in total. The molecule has 0 bridgehead atoms. The summed E-state index contributed by atoms with van der Waals surface area (Å²) in [6.07, 6.45) is 1.65. The van der Waals surface area contributed by atoms with Crippen molar-refractivity contribution in [2.24, 2.45) is 0 Å². The highest BCUT2D eigenvalue weighted by atomic mass is 32.1. The summed E-state index contributed by atoms with van der Waals surface area (Å²) in [5.41, 5.74) is 0.325. The van der Waals surface area contributed by atoms with Crippen LogP contribution >= 0.6 is 11.3 Å². The zero-order chi connectivity index (χ0) is 14.5. The third-order valence-electron chi connectivity index (χ3n) is 2.38. The Balaban J connectivity index is 2.16. The Morgan fingerprint density at radius 3 is 2.95 bits per heavy atom. The highest BCUT2D eigenvalue weighted by Crippen LogP contribution is 2.18. The molecule has 0 atom stereocenters. The molecule has 6 heteroatoms. The fourth-order valence-electron chi connectivity index (χ4n) is 1.47. The second-order valence-corrected chi connectivity index (χ2v) is 5.12. The minimum Gasteiger partial charge on any atom is -0.384 e. The topological polar surface area (TPSA) is 62.2 Å². The van der Waals surface area contributed by atoms with E-state index in [1.807, 2.05) is 6.92 Å². The number of hydrogen-bond donors (Lipinski definition) is 2. The van der Waals surface area contributed by atoms with Gasteiger partial charge in [0.15, 0.2) is 5.13 Å². The largest absolute Gasteiger partial charge is 0.384 e. The van der Waals surface area contributed by atoms with E-state index in [0.29, 0.717) is 5.13 Å². The van der Waals surface area contributed by atoms with Crippen molar-refractivity contribution in [3.63, 3.8) is 0 Å². The van der Waals surface area contributed by atoms with E-state index in [1.54, 1.807) is 6.20 Å². The van der Waals surface area contributed by atoms with Gasteiger partial charge in [0.1, 0.15) is 12.4 Å². The number of amides is 1. The van der Waals surface area contributed by atoms with Gasteiger partial charge in [-0.2, -0.15) is 0 Å². The van der Waals surface area contributed by atoms with Crippen molar-refractivity contribution < 1.29 is 14.3 Å². The lowest BCUT2D eigenvalue weighted by molar-refractivity contribution is 0.102. The highest BCUT2D eigenvalue weighted by molar-refractivity contribution is 7.15. The van der Waals surface area contributed by atoms with E-state index in [9.17, 15) is 9.18 Å². The molecule has 1 heterocycles. The van der Waals surface area contributed by atoms with Gasteiger partial charge in [-0.3, -0.25) is 10.1 Å². The Labute approximate surface area is 119 Å².